The molecule has 21 heavy (non-hydrogen) atoms. The molecule has 0 amide bonds. The lowest BCUT2D eigenvalue weighted by Crippen LogP contribution is -2.40. The van der Waals surface area contributed by atoms with Gasteiger partial charge in [-0.05, 0) is 50.3 Å². The third-order valence-electron chi connectivity index (χ3n) is 4.05. The number of hydrogen-bond acceptors (Lipinski definition) is 2. The molecule has 0 radical (unpaired) electrons. The van der Waals surface area contributed by atoms with E-state index in [-0.39, 0.29) is 12.1 Å². The van der Waals surface area contributed by atoms with Gasteiger partial charge in [0.05, 0.1) is 5.56 Å². The van der Waals surface area contributed by atoms with Crippen LogP contribution in [-0.4, -0.2) is 24.0 Å². The van der Waals surface area contributed by atoms with Gasteiger partial charge in [-0.1, -0.05) is 12.1 Å². The molecule has 2 nitrogen and oxygen atoms in total. The number of alkyl halides is 3. The fraction of sp³-hybridized carbons (Fsp3) is 0.625. The number of nitrogens with zero attached hydrogens (tertiary/aromatic N) is 1. The molecular weight excluding hydrogens is 277 g/mol. The normalized spacial score (nSPS) is 17.5. The van der Waals surface area contributed by atoms with Crippen LogP contribution in [0.15, 0.2) is 24.3 Å². The Morgan fingerprint density at radius 2 is 1.95 bits per heavy atom. The molecule has 2 rings (SSSR count). The third-order valence-corrected chi connectivity index (χ3v) is 4.05. The first-order valence-electron chi connectivity index (χ1n) is 7.46. The third kappa shape index (κ3) is 4.20. The largest absolute Gasteiger partial charge is 0.416 e. The molecule has 1 aliphatic rings. The Kier molecular flexibility index (Phi) is 4.94. The Balaban J connectivity index is 2.26. The number of benzene rings is 1. The molecule has 2 N–H and O–H groups in total. The first-order valence-corrected chi connectivity index (χ1v) is 7.46. The van der Waals surface area contributed by atoms with Gasteiger partial charge in [0.1, 0.15) is 0 Å². The van der Waals surface area contributed by atoms with Crippen molar-refractivity contribution in [3.05, 3.63) is 35.4 Å². The van der Waals surface area contributed by atoms with Crippen molar-refractivity contribution in [2.75, 3.05) is 13.1 Å². The van der Waals surface area contributed by atoms with Gasteiger partial charge in [0, 0.05) is 25.2 Å². The molecule has 1 atom stereocenters. The first kappa shape index (κ1) is 16.3. The van der Waals surface area contributed by atoms with Crippen LogP contribution in [0.4, 0.5) is 13.2 Å². The Bertz CT molecular complexity index is 467. The van der Waals surface area contributed by atoms with E-state index in [2.05, 4.69) is 18.7 Å². The Morgan fingerprint density at radius 1 is 1.29 bits per heavy atom. The van der Waals surface area contributed by atoms with Crippen molar-refractivity contribution in [2.24, 2.45) is 11.7 Å². The van der Waals surface area contributed by atoms with E-state index in [0.29, 0.717) is 18.0 Å². The lowest BCUT2D eigenvalue weighted by molar-refractivity contribution is -0.137. The summed E-state index contributed by atoms with van der Waals surface area (Å²) in [6.07, 6.45) is -1.89. The fourth-order valence-electron chi connectivity index (χ4n) is 2.68. The monoisotopic (exact) mass is 300 g/mol. The molecule has 0 heterocycles. The van der Waals surface area contributed by atoms with Crippen molar-refractivity contribution in [1.29, 1.82) is 0 Å². The summed E-state index contributed by atoms with van der Waals surface area (Å²) >= 11 is 0. The van der Waals surface area contributed by atoms with Gasteiger partial charge in [-0.2, -0.15) is 13.2 Å². The van der Waals surface area contributed by atoms with E-state index in [1.165, 1.54) is 25.0 Å². The van der Waals surface area contributed by atoms with E-state index >= 15 is 0 Å². The lowest BCUT2D eigenvalue weighted by atomic mass is 10.0. The van der Waals surface area contributed by atoms with Gasteiger partial charge in [-0.3, -0.25) is 4.90 Å². The van der Waals surface area contributed by atoms with Crippen LogP contribution < -0.4 is 5.73 Å². The van der Waals surface area contributed by atoms with Crippen LogP contribution in [0.5, 0.6) is 0 Å². The van der Waals surface area contributed by atoms with Gasteiger partial charge in [0.2, 0.25) is 0 Å². The highest BCUT2D eigenvalue weighted by atomic mass is 19.4. The maximum atomic E-state index is 12.9. The first-order chi connectivity index (χ1) is 9.82. The number of hydrogen-bond donors (Lipinski definition) is 1. The highest BCUT2D eigenvalue weighted by Crippen LogP contribution is 2.35. The van der Waals surface area contributed by atoms with Gasteiger partial charge in [0.25, 0.3) is 0 Å². The highest BCUT2D eigenvalue weighted by Gasteiger charge is 2.33. The summed E-state index contributed by atoms with van der Waals surface area (Å²) in [7, 11) is 0. The second-order valence-electron chi connectivity index (χ2n) is 6.11. The predicted molar refractivity (Wildman–Crippen MR) is 77.8 cm³/mol. The molecule has 1 aromatic carbocycles. The van der Waals surface area contributed by atoms with E-state index in [4.69, 9.17) is 5.73 Å². The van der Waals surface area contributed by atoms with Crippen molar-refractivity contribution in [2.45, 2.75) is 44.9 Å². The molecular formula is C16H23F3N2. The van der Waals surface area contributed by atoms with Crippen molar-refractivity contribution in [3.63, 3.8) is 0 Å². The van der Waals surface area contributed by atoms with Crippen molar-refractivity contribution >= 4 is 0 Å². The Hall–Kier alpha value is -1.07. The van der Waals surface area contributed by atoms with Crippen LogP contribution >= 0.6 is 0 Å². The standard InChI is InChI=1S/C16H23F3N2/c1-11(2)21(10-12-6-7-12)15(9-20)13-4-3-5-14(8-13)16(17,18)19/h3-5,8,11-12,15H,6-7,9-10,20H2,1-2H3. The van der Waals surface area contributed by atoms with Gasteiger partial charge in [0.15, 0.2) is 0 Å². The molecule has 118 valence electrons. The van der Waals surface area contributed by atoms with Gasteiger partial charge >= 0.3 is 6.18 Å². The quantitative estimate of drug-likeness (QED) is 0.865. The van der Waals surface area contributed by atoms with E-state index in [9.17, 15) is 13.2 Å². The zero-order valence-electron chi connectivity index (χ0n) is 12.5. The van der Waals surface area contributed by atoms with Gasteiger partial charge in [-0.15, -0.1) is 0 Å². The van der Waals surface area contributed by atoms with Gasteiger partial charge < -0.3 is 5.73 Å². The number of nitrogens with two attached hydrogens (primary N) is 1. The zero-order valence-corrected chi connectivity index (χ0v) is 12.5. The van der Waals surface area contributed by atoms with E-state index in [1.54, 1.807) is 6.07 Å². The van der Waals surface area contributed by atoms with Gasteiger partial charge in [-0.25, -0.2) is 0 Å². The summed E-state index contributed by atoms with van der Waals surface area (Å²) in [4.78, 5) is 2.23. The highest BCUT2D eigenvalue weighted by molar-refractivity contribution is 5.28. The number of halogens is 3. The maximum Gasteiger partial charge on any atom is 0.416 e. The molecule has 0 aliphatic heterocycles. The molecule has 1 aliphatic carbocycles. The molecule has 1 saturated carbocycles. The molecule has 0 bridgehead atoms. The fourth-order valence-corrected chi connectivity index (χ4v) is 2.68. The van der Waals surface area contributed by atoms with Crippen LogP contribution in [-0.2, 0) is 6.18 Å². The average Bonchev–Trinajstić information content (AvgIpc) is 3.21. The SMILES string of the molecule is CC(C)N(CC1CC1)C(CN)c1cccc(C(F)(F)F)c1. The second kappa shape index (κ2) is 6.36. The van der Waals surface area contributed by atoms with E-state index in [1.807, 2.05) is 0 Å². The molecule has 5 heteroatoms. The minimum atomic E-state index is -4.31. The van der Waals surface area contributed by atoms with Crippen LogP contribution in [0.3, 0.4) is 0 Å². The predicted octanol–water partition coefficient (Wildman–Crippen LogP) is 3.83. The Morgan fingerprint density at radius 3 is 2.43 bits per heavy atom. The summed E-state index contributed by atoms with van der Waals surface area (Å²) < 4.78 is 38.6. The van der Waals surface area contributed by atoms with E-state index in [0.717, 1.165) is 12.6 Å². The summed E-state index contributed by atoms with van der Waals surface area (Å²) in [5, 5.41) is 0. The summed E-state index contributed by atoms with van der Waals surface area (Å²) in [5.41, 5.74) is 5.93. The molecule has 0 spiro atoms. The molecule has 0 aromatic heterocycles. The van der Waals surface area contributed by atoms with Crippen LogP contribution in [0.1, 0.15) is 43.9 Å². The maximum absolute atomic E-state index is 12.9. The molecule has 1 unspecified atom stereocenters. The minimum absolute atomic E-state index is 0.159. The lowest BCUT2D eigenvalue weighted by Gasteiger charge is -2.35. The van der Waals surface area contributed by atoms with E-state index < -0.39 is 11.7 Å². The Labute approximate surface area is 124 Å². The zero-order chi connectivity index (χ0) is 15.6. The van der Waals surface area contributed by atoms with Crippen LogP contribution in [0, 0.1) is 5.92 Å². The average molecular weight is 300 g/mol. The summed E-state index contributed by atoms with van der Waals surface area (Å²) in [5.74, 6) is 0.673. The smallest absolute Gasteiger partial charge is 0.329 e. The van der Waals surface area contributed by atoms with Crippen molar-refractivity contribution < 1.29 is 13.2 Å². The van der Waals surface area contributed by atoms with Crippen LogP contribution in [0.2, 0.25) is 0 Å². The minimum Gasteiger partial charge on any atom is -0.329 e. The van der Waals surface area contributed by atoms with Crippen molar-refractivity contribution in [1.82, 2.24) is 4.90 Å². The van der Waals surface area contributed by atoms with Crippen molar-refractivity contribution in [3.8, 4) is 0 Å². The second-order valence-corrected chi connectivity index (χ2v) is 6.11. The topological polar surface area (TPSA) is 29.3 Å². The molecule has 1 fully saturated rings. The number of rotatable bonds is 6. The van der Waals surface area contributed by atoms with Crippen LogP contribution in [0.25, 0.3) is 0 Å². The molecule has 1 aromatic rings. The summed E-state index contributed by atoms with van der Waals surface area (Å²) in [6, 6.07) is 5.66. The molecule has 0 saturated heterocycles. The summed E-state index contributed by atoms with van der Waals surface area (Å²) in [6.45, 7) is 5.37.